The van der Waals surface area contributed by atoms with Crippen LogP contribution in [-0.4, -0.2) is 40.7 Å². The maximum atomic E-state index is 11.1. The van der Waals surface area contributed by atoms with Gasteiger partial charge in [0.05, 0.1) is 11.5 Å². The third-order valence-corrected chi connectivity index (χ3v) is 6.16. The second-order valence-electron chi connectivity index (χ2n) is 7.40. The van der Waals surface area contributed by atoms with E-state index in [4.69, 9.17) is 21.5 Å². The van der Waals surface area contributed by atoms with Crippen LogP contribution in [0.5, 0.6) is 5.88 Å². The molecular formula is C19H22ClN5O4S. The molecule has 0 amide bonds. The highest BCUT2D eigenvalue weighted by Gasteiger charge is 2.35. The third kappa shape index (κ3) is 4.73. The summed E-state index contributed by atoms with van der Waals surface area (Å²) in [5.74, 6) is 0.243. The molecule has 2 heterocycles. The molecule has 3 atom stereocenters. The molecular weight excluding hydrogens is 430 g/mol. The van der Waals surface area contributed by atoms with E-state index in [1.165, 1.54) is 6.33 Å². The Morgan fingerprint density at radius 1 is 1.23 bits per heavy atom. The van der Waals surface area contributed by atoms with Crippen molar-refractivity contribution in [2.75, 3.05) is 6.54 Å². The quantitative estimate of drug-likeness (QED) is 0.501. The molecule has 0 radical (unpaired) electrons. The molecule has 4 N–H and O–H groups in total. The van der Waals surface area contributed by atoms with Gasteiger partial charge in [-0.1, -0.05) is 23.7 Å². The Bertz CT molecular complexity index is 1140. The van der Waals surface area contributed by atoms with Crippen molar-refractivity contribution < 1.29 is 18.3 Å². The maximum absolute atomic E-state index is 11.1. The molecule has 1 aromatic carbocycles. The number of fused-ring (bicyclic) bond motifs is 1. The van der Waals surface area contributed by atoms with Gasteiger partial charge < -0.3 is 14.4 Å². The van der Waals surface area contributed by atoms with Crippen molar-refractivity contribution in [1.29, 1.82) is 0 Å². The van der Waals surface area contributed by atoms with Gasteiger partial charge >= 0.3 is 0 Å². The zero-order valence-corrected chi connectivity index (χ0v) is 17.6. The smallest absolute Gasteiger partial charge is 0.274 e. The first-order chi connectivity index (χ1) is 14.3. The molecule has 4 rings (SSSR count). The summed E-state index contributed by atoms with van der Waals surface area (Å²) in [6.45, 7) is 0.443. The van der Waals surface area contributed by atoms with Crippen LogP contribution in [0, 0.1) is 5.92 Å². The second kappa shape index (κ2) is 8.48. The molecule has 1 aliphatic carbocycles. The SMILES string of the molecule is NS(=O)(=O)NC[C@@H]1C[C@@H](n2ccc3c(OCc4ccc(Cl)cc4)ncnc32)C[C@@H]1O. The minimum absolute atomic E-state index is 0.0243. The number of halogens is 1. The van der Waals surface area contributed by atoms with Crippen molar-refractivity contribution >= 4 is 32.8 Å². The summed E-state index contributed by atoms with van der Waals surface area (Å²) in [4.78, 5) is 8.64. The van der Waals surface area contributed by atoms with Crippen molar-refractivity contribution in [1.82, 2.24) is 19.3 Å². The van der Waals surface area contributed by atoms with Gasteiger partial charge in [-0.05, 0) is 36.6 Å². The van der Waals surface area contributed by atoms with E-state index in [1.807, 2.05) is 29.0 Å². The number of aromatic nitrogens is 3. The van der Waals surface area contributed by atoms with Crippen LogP contribution < -0.4 is 14.6 Å². The Morgan fingerprint density at radius 3 is 2.73 bits per heavy atom. The highest BCUT2D eigenvalue weighted by Crippen LogP contribution is 2.37. The number of rotatable bonds is 7. The van der Waals surface area contributed by atoms with Crippen molar-refractivity contribution in [3.05, 3.63) is 53.4 Å². The van der Waals surface area contributed by atoms with E-state index in [0.717, 1.165) is 10.9 Å². The summed E-state index contributed by atoms with van der Waals surface area (Å²) >= 11 is 5.91. The molecule has 30 heavy (non-hydrogen) atoms. The van der Waals surface area contributed by atoms with Gasteiger partial charge in [-0.2, -0.15) is 8.42 Å². The zero-order chi connectivity index (χ0) is 21.3. The van der Waals surface area contributed by atoms with Gasteiger partial charge in [0.1, 0.15) is 18.6 Å². The van der Waals surface area contributed by atoms with Crippen molar-refractivity contribution in [2.45, 2.75) is 31.6 Å². The third-order valence-electron chi connectivity index (χ3n) is 5.33. The number of benzene rings is 1. The van der Waals surface area contributed by atoms with E-state index in [-0.39, 0.29) is 18.5 Å². The molecule has 3 aromatic rings. The second-order valence-corrected chi connectivity index (χ2v) is 9.22. The number of hydrogen-bond acceptors (Lipinski definition) is 6. The Kier molecular flexibility index (Phi) is 5.94. The van der Waals surface area contributed by atoms with E-state index >= 15 is 0 Å². The number of aliphatic hydroxyl groups is 1. The topological polar surface area (TPSA) is 132 Å². The lowest BCUT2D eigenvalue weighted by Gasteiger charge is -2.14. The molecule has 1 saturated carbocycles. The van der Waals surface area contributed by atoms with Gasteiger partial charge in [0.25, 0.3) is 10.2 Å². The summed E-state index contributed by atoms with van der Waals surface area (Å²) in [7, 11) is -3.79. The van der Waals surface area contributed by atoms with Gasteiger partial charge in [-0.3, -0.25) is 0 Å². The van der Waals surface area contributed by atoms with Crippen molar-refractivity contribution in [3.8, 4) is 5.88 Å². The lowest BCUT2D eigenvalue weighted by Crippen LogP contribution is -2.36. The molecule has 0 aliphatic heterocycles. The van der Waals surface area contributed by atoms with Crippen LogP contribution in [0.25, 0.3) is 11.0 Å². The van der Waals surface area contributed by atoms with E-state index in [2.05, 4.69) is 14.7 Å². The number of hydrogen-bond donors (Lipinski definition) is 3. The molecule has 0 saturated heterocycles. The number of nitrogens with zero attached hydrogens (tertiary/aromatic N) is 3. The van der Waals surface area contributed by atoms with Gasteiger partial charge in [0.15, 0.2) is 0 Å². The van der Waals surface area contributed by atoms with E-state index < -0.39 is 16.3 Å². The lowest BCUT2D eigenvalue weighted by molar-refractivity contribution is 0.133. The predicted molar refractivity (Wildman–Crippen MR) is 112 cm³/mol. The van der Waals surface area contributed by atoms with Crippen LogP contribution >= 0.6 is 11.6 Å². The molecule has 1 aliphatic rings. The van der Waals surface area contributed by atoms with Crippen LogP contribution in [-0.2, 0) is 16.8 Å². The fraction of sp³-hybridized carbons (Fsp3) is 0.368. The molecule has 0 bridgehead atoms. The zero-order valence-electron chi connectivity index (χ0n) is 16.0. The van der Waals surface area contributed by atoms with Crippen LogP contribution in [0.2, 0.25) is 5.02 Å². The van der Waals surface area contributed by atoms with Crippen LogP contribution in [0.3, 0.4) is 0 Å². The number of nitrogens with one attached hydrogen (secondary N) is 1. The predicted octanol–water partition coefficient (Wildman–Crippen LogP) is 1.77. The highest BCUT2D eigenvalue weighted by atomic mass is 35.5. The van der Waals surface area contributed by atoms with Crippen molar-refractivity contribution in [2.24, 2.45) is 11.1 Å². The molecule has 2 aromatic heterocycles. The van der Waals surface area contributed by atoms with Crippen LogP contribution in [0.4, 0.5) is 0 Å². The van der Waals surface area contributed by atoms with Gasteiger partial charge in [0.2, 0.25) is 5.88 Å². The minimum Gasteiger partial charge on any atom is -0.472 e. The molecule has 9 nitrogen and oxygen atoms in total. The van der Waals surface area contributed by atoms with E-state index in [1.54, 1.807) is 12.1 Å². The average molecular weight is 452 g/mol. The summed E-state index contributed by atoms with van der Waals surface area (Å²) in [6, 6.07) is 9.25. The van der Waals surface area contributed by atoms with Crippen LogP contribution in [0.15, 0.2) is 42.9 Å². The molecule has 11 heteroatoms. The minimum atomic E-state index is -3.79. The Labute approximate surface area is 179 Å². The Morgan fingerprint density at radius 2 is 2.00 bits per heavy atom. The number of ether oxygens (including phenoxy) is 1. The van der Waals surface area contributed by atoms with E-state index in [9.17, 15) is 13.5 Å². The van der Waals surface area contributed by atoms with Gasteiger partial charge in [-0.25, -0.2) is 19.8 Å². The first-order valence-electron chi connectivity index (χ1n) is 9.44. The monoisotopic (exact) mass is 451 g/mol. The maximum Gasteiger partial charge on any atom is 0.274 e. The summed E-state index contributed by atoms with van der Waals surface area (Å²) in [6.07, 6.45) is 3.79. The molecule has 160 valence electrons. The lowest BCUT2D eigenvalue weighted by atomic mass is 10.1. The number of nitrogens with two attached hydrogens (primary N) is 1. The fourth-order valence-electron chi connectivity index (χ4n) is 3.83. The summed E-state index contributed by atoms with van der Waals surface area (Å²) in [5.41, 5.74) is 1.67. The van der Waals surface area contributed by atoms with Gasteiger partial charge in [0, 0.05) is 29.7 Å². The Hall–Kier alpha value is -2.24. The van der Waals surface area contributed by atoms with Crippen molar-refractivity contribution in [3.63, 3.8) is 0 Å². The summed E-state index contributed by atoms with van der Waals surface area (Å²) < 4.78 is 32.4. The summed E-state index contributed by atoms with van der Waals surface area (Å²) in [5, 5.41) is 16.8. The Balaban J connectivity index is 1.49. The number of aliphatic hydroxyl groups excluding tert-OH is 1. The molecule has 0 spiro atoms. The first kappa shape index (κ1) is 21.0. The molecule has 0 unspecified atom stereocenters. The normalized spacial score (nSPS) is 21.9. The first-order valence-corrected chi connectivity index (χ1v) is 11.4. The average Bonchev–Trinajstić information content (AvgIpc) is 3.29. The molecule has 1 fully saturated rings. The largest absolute Gasteiger partial charge is 0.472 e. The highest BCUT2D eigenvalue weighted by molar-refractivity contribution is 7.87. The fourth-order valence-corrected chi connectivity index (χ4v) is 4.41. The van der Waals surface area contributed by atoms with Crippen LogP contribution in [0.1, 0.15) is 24.4 Å². The van der Waals surface area contributed by atoms with Gasteiger partial charge in [-0.15, -0.1) is 0 Å². The standard InChI is InChI=1S/C19H22ClN5O4S/c20-14-3-1-12(2-4-14)10-29-19-16-5-6-25(18(16)22-11-23-19)15-7-13(17(26)8-15)9-24-30(21,27)28/h1-6,11,13,15,17,24,26H,7-10H2,(H2,21,27,28)/t13-,15+,17-/m0/s1. The van der Waals surface area contributed by atoms with E-state index in [0.29, 0.717) is 36.0 Å².